The maximum atomic E-state index is 12.5. The lowest BCUT2D eigenvalue weighted by atomic mass is 10.3. The van der Waals surface area contributed by atoms with Crippen LogP contribution < -0.4 is 0 Å². The average molecular weight is 272 g/mol. The smallest absolute Gasteiger partial charge is 0.173 e. The third-order valence-electron chi connectivity index (χ3n) is 1.02. The molecule has 1 aromatic carbocycles. The zero-order valence-electron chi connectivity index (χ0n) is 4.74. The number of halogens is 3. The Labute approximate surface area is 76.2 Å². The number of hydrogen-bond donors (Lipinski definition) is 1. The molecule has 0 atom stereocenters. The van der Waals surface area contributed by atoms with Crippen LogP contribution in [0.25, 0.3) is 0 Å². The predicted octanol–water partition coefficient (Wildman–Crippen LogP) is 2.86. The van der Waals surface area contributed by atoms with Crippen molar-refractivity contribution in [3.05, 3.63) is 27.3 Å². The quantitative estimate of drug-likeness (QED) is 0.419. The van der Waals surface area contributed by atoms with Gasteiger partial charge in [-0.25, -0.2) is 8.78 Å². The molecule has 0 saturated heterocycles. The third-order valence-corrected chi connectivity index (χ3v) is 2.78. The van der Waals surface area contributed by atoms with Crippen LogP contribution in [0.1, 0.15) is 0 Å². The summed E-state index contributed by atoms with van der Waals surface area (Å²) in [7, 11) is 0. The van der Waals surface area contributed by atoms with Crippen LogP contribution in [0.5, 0.6) is 0 Å². The molecule has 0 unspecified atom stereocenters. The molecule has 1 rings (SSSR count). The van der Waals surface area contributed by atoms with Crippen LogP contribution >= 0.6 is 35.2 Å². The van der Waals surface area contributed by atoms with Crippen LogP contribution in [0.2, 0.25) is 0 Å². The van der Waals surface area contributed by atoms with E-state index in [0.29, 0.717) is 3.57 Å². The molecule has 0 saturated carbocycles. The Morgan fingerprint density at radius 3 is 2.40 bits per heavy atom. The highest BCUT2D eigenvalue weighted by atomic mass is 127. The summed E-state index contributed by atoms with van der Waals surface area (Å²) in [6.07, 6.45) is 0. The van der Waals surface area contributed by atoms with E-state index in [2.05, 4.69) is 12.6 Å². The Bertz CT molecular complexity index is 235. The molecule has 0 fully saturated rings. The third kappa shape index (κ3) is 1.42. The standard InChI is InChI=1S/C6H3F2IS/c7-3-1-2-4(9)6(10)5(3)8/h1-2,10H. The summed E-state index contributed by atoms with van der Waals surface area (Å²) in [6, 6.07) is 2.55. The van der Waals surface area contributed by atoms with E-state index in [1.54, 1.807) is 0 Å². The van der Waals surface area contributed by atoms with E-state index in [0.717, 1.165) is 6.07 Å². The van der Waals surface area contributed by atoms with Gasteiger partial charge in [0, 0.05) is 3.57 Å². The van der Waals surface area contributed by atoms with Gasteiger partial charge in [-0.3, -0.25) is 0 Å². The molecule has 0 spiro atoms. The molecule has 54 valence electrons. The minimum absolute atomic E-state index is 0.0700. The van der Waals surface area contributed by atoms with Crippen molar-refractivity contribution in [3.8, 4) is 0 Å². The van der Waals surface area contributed by atoms with Crippen molar-refractivity contribution in [1.82, 2.24) is 0 Å². The van der Waals surface area contributed by atoms with Crippen molar-refractivity contribution in [2.75, 3.05) is 0 Å². The first-order valence-electron chi connectivity index (χ1n) is 2.45. The zero-order chi connectivity index (χ0) is 7.72. The largest absolute Gasteiger partial charge is 0.204 e. The lowest BCUT2D eigenvalue weighted by Gasteiger charge is -1.97. The van der Waals surface area contributed by atoms with Gasteiger partial charge in [0.15, 0.2) is 11.6 Å². The van der Waals surface area contributed by atoms with Gasteiger partial charge in [0.1, 0.15) is 0 Å². The highest BCUT2D eigenvalue weighted by Gasteiger charge is 2.07. The van der Waals surface area contributed by atoms with Crippen molar-refractivity contribution < 1.29 is 8.78 Å². The highest BCUT2D eigenvalue weighted by Crippen LogP contribution is 2.21. The second kappa shape index (κ2) is 3.04. The van der Waals surface area contributed by atoms with Gasteiger partial charge in [-0.1, -0.05) is 0 Å². The number of hydrogen-bond acceptors (Lipinski definition) is 1. The molecule has 0 nitrogen and oxygen atoms in total. The summed E-state index contributed by atoms with van der Waals surface area (Å²) in [5, 5.41) is 0. The summed E-state index contributed by atoms with van der Waals surface area (Å²) in [5.41, 5.74) is 0. The molecule has 0 aromatic heterocycles. The summed E-state index contributed by atoms with van der Waals surface area (Å²) in [6.45, 7) is 0. The normalized spacial score (nSPS) is 10.0. The minimum Gasteiger partial charge on any atom is -0.204 e. The summed E-state index contributed by atoms with van der Waals surface area (Å²) in [4.78, 5) is 0.0700. The number of benzene rings is 1. The molecule has 0 radical (unpaired) electrons. The molecular formula is C6H3F2IS. The van der Waals surface area contributed by atoms with Crippen LogP contribution in [0.15, 0.2) is 17.0 Å². The van der Waals surface area contributed by atoms with Crippen LogP contribution in [-0.4, -0.2) is 0 Å². The van der Waals surface area contributed by atoms with E-state index >= 15 is 0 Å². The molecule has 0 N–H and O–H groups in total. The van der Waals surface area contributed by atoms with Crippen LogP contribution in [0.4, 0.5) is 8.78 Å². The Balaban J connectivity index is 3.34. The van der Waals surface area contributed by atoms with E-state index in [-0.39, 0.29) is 4.90 Å². The van der Waals surface area contributed by atoms with Gasteiger partial charge < -0.3 is 0 Å². The van der Waals surface area contributed by atoms with Crippen LogP contribution in [-0.2, 0) is 0 Å². The fourth-order valence-electron chi connectivity index (χ4n) is 0.516. The molecule has 0 aliphatic carbocycles. The molecule has 0 bridgehead atoms. The summed E-state index contributed by atoms with van der Waals surface area (Å²) < 4.78 is 25.5. The SMILES string of the molecule is Fc1ccc(I)c(S)c1F. The topological polar surface area (TPSA) is 0 Å². The Morgan fingerprint density at radius 2 is 1.90 bits per heavy atom. The number of rotatable bonds is 0. The molecule has 0 aliphatic rings. The zero-order valence-corrected chi connectivity index (χ0v) is 7.79. The molecular weight excluding hydrogens is 269 g/mol. The fraction of sp³-hybridized carbons (Fsp3) is 0. The molecule has 0 amide bonds. The molecule has 4 heteroatoms. The second-order valence-electron chi connectivity index (χ2n) is 1.69. The maximum absolute atomic E-state index is 12.5. The predicted molar refractivity (Wildman–Crippen MR) is 46.3 cm³/mol. The second-order valence-corrected chi connectivity index (χ2v) is 3.30. The van der Waals surface area contributed by atoms with E-state index in [9.17, 15) is 8.78 Å². The first kappa shape index (κ1) is 8.26. The Hall–Kier alpha value is 0.160. The van der Waals surface area contributed by atoms with Gasteiger partial charge >= 0.3 is 0 Å². The van der Waals surface area contributed by atoms with Crippen molar-refractivity contribution in [3.63, 3.8) is 0 Å². The first-order chi connectivity index (χ1) is 4.63. The van der Waals surface area contributed by atoms with E-state index in [1.807, 2.05) is 22.6 Å². The fourth-order valence-corrected chi connectivity index (χ4v) is 1.11. The lowest BCUT2D eigenvalue weighted by molar-refractivity contribution is 0.490. The molecule has 1 aromatic rings. The lowest BCUT2D eigenvalue weighted by Crippen LogP contribution is -1.87. The van der Waals surface area contributed by atoms with E-state index in [4.69, 9.17) is 0 Å². The van der Waals surface area contributed by atoms with Crippen molar-refractivity contribution in [2.24, 2.45) is 0 Å². The molecule has 0 aliphatic heterocycles. The average Bonchev–Trinajstić information content (AvgIpc) is 1.93. The minimum atomic E-state index is -0.879. The summed E-state index contributed by atoms with van der Waals surface area (Å²) >= 11 is 5.64. The van der Waals surface area contributed by atoms with Gasteiger partial charge in [0.25, 0.3) is 0 Å². The molecule has 10 heavy (non-hydrogen) atoms. The Kier molecular flexibility index (Phi) is 2.51. The Morgan fingerprint density at radius 1 is 1.30 bits per heavy atom. The highest BCUT2D eigenvalue weighted by molar-refractivity contribution is 14.1. The summed E-state index contributed by atoms with van der Waals surface area (Å²) in [5.74, 6) is -1.74. The first-order valence-corrected chi connectivity index (χ1v) is 3.98. The van der Waals surface area contributed by atoms with Gasteiger partial charge in [-0.15, -0.1) is 12.6 Å². The van der Waals surface area contributed by atoms with E-state index in [1.165, 1.54) is 6.07 Å². The maximum Gasteiger partial charge on any atom is 0.173 e. The van der Waals surface area contributed by atoms with Crippen molar-refractivity contribution in [1.29, 1.82) is 0 Å². The van der Waals surface area contributed by atoms with Gasteiger partial charge in [-0.05, 0) is 34.7 Å². The number of thiol groups is 1. The van der Waals surface area contributed by atoms with Crippen LogP contribution in [0.3, 0.4) is 0 Å². The van der Waals surface area contributed by atoms with Gasteiger partial charge in [-0.2, -0.15) is 0 Å². The van der Waals surface area contributed by atoms with Gasteiger partial charge in [0.05, 0.1) is 4.90 Å². The monoisotopic (exact) mass is 272 g/mol. The van der Waals surface area contributed by atoms with E-state index < -0.39 is 11.6 Å². The van der Waals surface area contributed by atoms with Crippen LogP contribution in [0, 0.1) is 15.2 Å². The van der Waals surface area contributed by atoms with Crippen molar-refractivity contribution >= 4 is 35.2 Å². The molecule has 0 heterocycles. The van der Waals surface area contributed by atoms with Crippen molar-refractivity contribution in [2.45, 2.75) is 4.90 Å². The van der Waals surface area contributed by atoms with Gasteiger partial charge in [0.2, 0.25) is 0 Å².